The van der Waals surface area contributed by atoms with Gasteiger partial charge in [0.15, 0.2) is 0 Å². The first kappa shape index (κ1) is 16.2. The molecule has 0 bridgehead atoms. The topological polar surface area (TPSA) is 29.5 Å². The molecule has 0 aromatic heterocycles. The molecule has 3 nitrogen and oxygen atoms in total. The van der Waals surface area contributed by atoms with E-state index in [2.05, 4.69) is 15.9 Å². The summed E-state index contributed by atoms with van der Waals surface area (Å²) in [6, 6.07) is 9.95. The fourth-order valence-electron chi connectivity index (χ4n) is 1.97. The molecular weight excluding hydrogens is 306 g/mol. The lowest BCUT2D eigenvalue weighted by atomic mass is 9.95. The van der Waals surface area contributed by atoms with Crippen LogP contribution in [0.3, 0.4) is 0 Å². The van der Waals surface area contributed by atoms with Crippen LogP contribution in [-0.2, 0) is 9.53 Å². The lowest BCUT2D eigenvalue weighted by Crippen LogP contribution is -2.34. The second kappa shape index (κ2) is 9.10. The molecule has 1 unspecified atom stereocenters. The highest BCUT2D eigenvalue weighted by molar-refractivity contribution is 9.09. The highest BCUT2D eigenvalue weighted by Gasteiger charge is 2.21. The number of hydrogen-bond donors (Lipinski definition) is 0. The Labute approximate surface area is 124 Å². The van der Waals surface area contributed by atoms with Gasteiger partial charge in [-0.3, -0.25) is 4.79 Å². The summed E-state index contributed by atoms with van der Waals surface area (Å²) >= 11 is 3.30. The number of likely N-dealkylation sites (N-methyl/N-ethyl adjacent to an activating group) is 1. The van der Waals surface area contributed by atoms with Gasteiger partial charge in [-0.1, -0.05) is 53.2 Å². The summed E-state index contributed by atoms with van der Waals surface area (Å²) in [7, 11) is 1.84. The predicted molar refractivity (Wildman–Crippen MR) is 81.7 cm³/mol. The van der Waals surface area contributed by atoms with Crippen molar-refractivity contribution in [2.24, 2.45) is 0 Å². The number of hydrogen-bond acceptors (Lipinski definition) is 2. The average Bonchev–Trinajstić information content (AvgIpc) is 2.45. The third-order valence-electron chi connectivity index (χ3n) is 3.08. The molecule has 1 atom stereocenters. The van der Waals surface area contributed by atoms with Crippen molar-refractivity contribution in [3.05, 3.63) is 35.9 Å². The van der Waals surface area contributed by atoms with Crippen LogP contribution in [0.5, 0.6) is 0 Å². The molecule has 1 aromatic rings. The zero-order valence-corrected chi connectivity index (χ0v) is 13.2. The maximum absolute atomic E-state index is 12.4. The summed E-state index contributed by atoms with van der Waals surface area (Å²) in [5, 5.41) is 0.826. The largest absolute Gasteiger partial charge is 0.379 e. The molecule has 0 N–H and O–H groups in total. The smallest absolute Gasteiger partial charge is 0.229 e. The second-order valence-corrected chi connectivity index (χ2v) is 5.23. The number of alkyl halides is 1. The summed E-state index contributed by atoms with van der Waals surface area (Å²) in [5.41, 5.74) is 1.09. The van der Waals surface area contributed by atoms with Gasteiger partial charge in [-0.25, -0.2) is 0 Å². The van der Waals surface area contributed by atoms with Crippen LogP contribution in [-0.4, -0.2) is 42.9 Å². The van der Waals surface area contributed by atoms with Gasteiger partial charge in [-0.2, -0.15) is 0 Å². The van der Waals surface area contributed by atoms with Gasteiger partial charge >= 0.3 is 0 Å². The van der Waals surface area contributed by atoms with E-state index in [1.165, 1.54) is 0 Å². The first-order chi connectivity index (χ1) is 9.20. The van der Waals surface area contributed by atoms with Crippen LogP contribution in [0.4, 0.5) is 0 Å². The van der Waals surface area contributed by atoms with Gasteiger partial charge in [-0.15, -0.1) is 0 Å². The van der Waals surface area contributed by atoms with E-state index in [1.54, 1.807) is 4.90 Å². The van der Waals surface area contributed by atoms with E-state index in [4.69, 9.17) is 4.74 Å². The molecule has 0 aliphatic carbocycles. The third kappa shape index (κ3) is 5.33. The van der Waals surface area contributed by atoms with Gasteiger partial charge in [0.05, 0.1) is 19.1 Å². The van der Waals surface area contributed by atoms with Gasteiger partial charge in [0.2, 0.25) is 5.91 Å². The maximum Gasteiger partial charge on any atom is 0.229 e. The van der Waals surface area contributed by atoms with E-state index >= 15 is 0 Å². The van der Waals surface area contributed by atoms with Gasteiger partial charge < -0.3 is 9.64 Å². The first-order valence-corrected chi connectivity index (χ1v) is 7.76. The van der Waals surface area contributed by atoms with Crippen LogP contribution >= 0.6 is 15.9 Å². The van der Waals surface area contributed by atoms with Crippen molar-refractivity contribution in [1.82, 2.24) is 4.90 Å². The van der Waals surface area contributed by atoms with Crippen LogP contribution < -0.4 is 0 Å². The summed E-state index contributed by atoms with van der Waals surface area (Å²) < 4.78 is 5.38. The zero-order valence-electron chi connectivity index (χ0n) is 11.6. The number of benzene rings is 1. The van der Waals surface area contributed by atoms with Crippen molar-refractivity contribution in [3.8, 4) is 0 Å². The average molecular weight is 328 g/mol. The lowest BCUT2D eigenvalue weighted by molar-refractivity contribution is -0.132. The Kier molecular flexibility index (Phi) is 7.75. The number of rotatable bonds is 8. The number of nitrogens with zero attached hydrogens (tertiary/aromatic N) is 1. The SMILES string of the molecule is CCC(C(=O)N(C)CCOCCBr)c1ccccc1. The monoisotopic (exact) mass is 327 g/mol. The van der Waals surface area contributed by atoms with Gasteiger partial charge in [-0.05, 0) is 12.0 Å². The predicted octanol–water partition coefficient (Wildman–Crippen LogP) is 3.05. The van der Waals surface area contributed by atoms with Crippen molar-refractivity contribution in [2.45, 2.75) is 19.3 Å². The summed E-state index contributed by atoms with van der Waals surface area (Å²) in [6.45, 7) is 3.94. The highest BCUT2D eigenvalue weighted by atomic mass is 79.9. The van der Waals surface area contributed by atoms with E-state index in [9.17, 15) is 4.79 Å². The van der Waals surface area contributed by atoms with Crippen LogP contribution in [0.1, 0.15) is 24.8 Å². The maximum atomic E-state index is 12.4. The highest BCUT2D eigenvalue weighted by Crippen LogP contribution is 2.21. The van der Waals surface area contributed by atoms with E-state index in [0.29, 0.717) is 19.8 Å². The van der Waals surface area contributed by atoms with Crippen LogP contribution in [0.15, 0.2) is 30.3 Å². The normalized spacial score (nSPS) is 12.2. The zero-order chi connectivity index (χ0) is 14.1. The number of carbonyl (C=O) groups excluding carboxylic acids is 1. The molecule has 0 saturated heterocycles. The minimum absolute atomic E-state index is 0.0534. The van der Waals surface area contributed by atoms with E-state index < -0.39 is 0 Å². The van der Waals surface area contributed by atoms with Crippen molar-refractivity contribution < 1.29 is 9.53 Å². The molecule has 0 aliphatic rings. The standard InChI is InChI=1S/C15H22BrNO2/c1-3-14(13-7-5-4-6-8-13)15(18)17(2)10-12-19-11-9-16/h4-8,14H,3,9-12H2,1-2H3. The molecule has 19 heavy (non-hydrogen) atoms. The van der Waals surface area contributed by atoms with Crippen molar-refractivity contribution in [2.75, 3.05) is 32.1 Å². The Hall–Kier alpha value is -0.870. The molecule has 0 radical (unpaired) electrons. The minimum Gasteiger partial charge on any atom is -0.379 e. The van der Waals surface area contributed by atoms with Gasteiger partial charge in [0.1, 0.15) is 0 Å². The molecular formula is C15H22BrNO2. The van der Waals surface area contributed by atoms with E-state index in [-0.39, 0.29) is 11.8 Å². The molecule has 0 aliphatic heterocycles. The molecule has 0 heterocycles. The fraction of sp³-hybridized carbons (Fsp3) is 0.533. The van der Waals surface area contributed by atoms with Crippen LogP contribution in [0.25, 0.3) is 0 Å². The molecule has 106 valence electrons. The second-order valence-electron chi connectivity index (χ2n) is 4.43. The summed E-state index contributed by atoms with van der Waals surface area (Å²) in [6.07, 6.45) is 0.815. The van der Waals surface area contributed by atoms with Crippen molar-refractivity contribution >= 4 is 21.8 Å². The van der Waals surface area contributed by atoms with Crippen molar-refractivity contribution in [1.29, 1.82) is 0 Å². The lowest BCUT2D eigenvalue weighted by Gasteiger charge is -2.23. The number of carbonyl (C=O) groups is 1. The Bertz CT molecular complexity index is 370. The Morgan fingerprint density at radius 3 is 2.58 bits per heavy atom. The Morgan fingerprint density at radius 1 is 1.32 bits per heavy atom. The summed E-state index contributed by atoms with van der Waals surface area (Å²) in [4.78, 5) is 14.2. The Balaban J connectivity index is 2.54. The minimum atomic E-state index is -0.0534. The molecule has 0 fully saturated rings. The van der Waals surface area contributed by atoms with Gasteiger partial charge in [0.25, 0.3) is 0 Å². The van der Waals surface area contributed by atoms with Crippen LogP contribution in [0, 0.1) is 0 Å². The molecule has 0 saturated carbocycles. The quantitative estimate of drug-likeness (QED) is 0.542. The Morgan fingerprint density at radius 2 is 2.00 bits per heavy atom. The molecule has 4 heteroatoms. The third-order valence-corrected chi connectivity index (χ3v) is 3.40. The van der Waals surface area contributed by atoms with E-state index in [1.807, 2.05) is 44.3 Å². The van der Waals surface area contributed by atoms with E-state index in [0.717, 1.165) is 17.3 Å². The fourth-order valence-corrected chi connectivity index (χ4v) is 2.20. The van der Waals surface area contributed by atoms with Crippen LogP contribution in [0.2, 0.25) is 0 Å². The number of halogens is 1. The number of amides is 1. The molecule has 1 aromatic carbocycles. The number of ether oxygens (including phenoxy) is 1. The first-order valence-electron chi connectivity index (χ1n) is 6.64. The van der Waals surface area contributed by atoms with Crippen molar-refractivity contribution in [3.63, 3.8) is 0 Å². The van der Waals surface area contributed by atoms with Gasteiger partial charge in [0, 0.05) is 18.9 Å². The molecule has 1 amide bonds. The summed E-state index contributed by atoms with van der Waals surface area (Å²) in [5.74, 6) is 0.110. The molecule has 0 spiro atoms. The molecule has 1 rings (SSSR count).